The SMILES string of the molecule is CC(C)CCOCCC1CSCC1=O. The van der Waals surface area contributed by atoms with Crippen LogP contribution in [0.15, 0.2) is 0 Å². The molecule has 0 bridgehead atoms. The Morgan fingerprint density at radius 1 is 1.50 bits per heavy atom. The zero-order valence-corrected chi connectivity index (χ0v) is 9.94. The molecule has 0 aromatic rings. The molecule has 3 heteroatoms. The zero-order valence-electron chi connectivity index (χ0n) is 9.12. The Kier molecular flexibility index (Phi) is 5.56. The molecule has 1 heterocycles. The van der Waals surface area contributed by atoms with Gasteiger partial charge in [-0.05, 0) is 18.8 Å². The van der Waals surface area contributed by atoms with Crippen molar-refractivity contribution in [3.8, 4) is 0 Å². The van der Waals surface area contributed by atoms with E-state index in [2.05, 4.69) is 13.8 Å². The van der Waals surface area contributed by atoms with E-state index in [9.17, 15) is 4.79 Å². The van der Waals surface area contributed by atoms with E-state index in [1.807, 2.05) is 0 Å². The second-order valence-corrected chi connectivity index (χ2v) is 5.29. The molecule has 14 heavy (non-hydrogen) atoms. The molecule has 0 aromatic heterocycles. The molecule has 2 nitrogen and oxygen atoms in total. The number of hydrogen-bond donors (Lipinski definition) is 0. The van der Waals surface area contributed by atoms with Crippen molar-refractivity contribution in [3.63, 3.8) is 0 Å². The summed E-state index contributed by atoms with van der Waals surface area (Å²) in [5, 5.41) is 0. The number of Topliss-reactive ketones (excluding diaryl/α,β-unsaturated/α-hetero) is 1. The lowest BCUT2D eigenvalue weighted by Gasteiger charge is -2.08. The van der Waals surface area contributed by atoms with Crippen molar-refractivity contribution in [1.29, 1.82) is 0 Å². The van der Waals surface area contributed by atoms with Crippen LogP contribution in [0.1, 0.15) is 26.7 Å². The number of carbonyl (C=O) groups excluding carboxylic acids is 1. The van der Waals surface area contributed by atoms with Gasteiger partial charge in [0.1, 0.15) is 5.78 Å². The smallest absolute Gasteiger partial charge is 0.146 e. The summed E-state index contributed by atoms with van der Waals surface area (Å²) in [5.41, 5.74) is 0. The monoisotopic (exact) mass is 216 g/mol. The van der Waals surface area contributed by atoms with Crippen molar-refractivity contribution in [1.82, 2.24) is 0 Å². The first kappa shape index (κ1) is 12.1. The molecule has 0 amide bonds. The first-order chi connectivity index (χ1) is 6.70. The van der Waals surface area contributed by atoms with Gasteiger partial charge in [-0.3, -0.25) is 4.79 Å². The minimum Gasteiger partial charge on any atom is -0.381 e. The Morgan fingerprint density at radius 2 is 2.29 bits per heavy atom. The summed E-state index contributed by atoms with van der Waals surface area (Å²) in [6.07, 6.45) is 2.04. The van der Waals surface area contributed by atoms with Crippen molar-refractivity contribution in [2.45, 2.75) is 26.7 Å². The minimum atomic E-state index is 0.277. The molecule has 0 saturated carbocycles. The molecule has 0 aromatic carbocycles. The molecule has 0 N–H and O–H groups in total. The van der Waals surface area contributed by atoms with Crippen molar-refractivity contribution >= 4 is 17.5 Å². The fraction of sp³-hybridized carbons (Fsp3) is 0.909. The fourth-order valence-electron chi connectivity index (χ4n) is 1.40. The maximum absolute atomic E-state index is 11.3. The third-order valence-electron chi connectivity index (χ3n) is 2.47. The number of thioether (sulfide) groups is 1. The summed E-state index contributed by atoms with van der Waals surface area (Å²) in [4.78, 5) is 11.3. The summed E-state index contributed by atoms with van der Waals surface area (Å²) in [6.45, 7) is 5.98. The predicted octanol–water partition coefficient (Wildman–Crippen LogP) is 2.37. The van der Waals surface area contributed by atoms with E-state index in [1.165, 1.54) is 0 Å². The quantitative estimate of drug-likeness (QED) is 0.638. The van der Waals surface area contributed by atoms with Crippen LogP contribution in [0.3, 0.4) is 0 Å². The van der Waals surface area contributed by atoms with E-state index in [0.29, 0.717) is 11.7 Å². The molecule has 1 aliphatic rings. The molecule has 1 fully saturated rings. The normalized spacial score (nSPS) is 22.2. The Hall–Kier alpha value is -0.0200. The van der Waals surface area contributed by atoms with Crippen molar-refractivity contribution in [3.05, 3.63) is 0 Å². The van der Waals surface area contributed by atoms with Gasteiger partial charge in [-0.2, -0.15) is 11.8 Å². The molecule has 82 valence electrons. The molecular formula is C11H20O2S. The molecule has 0 aliphatic carbocycles. The van der Waals surface area contributed by atoms with Crippen molar-refractivity contribution < 1.29 is 9.53 Å². The number of ether oxygens (including phenoxy) is 1. The van der Waals surface area contributed by atoms with Crippen LogP contribution in [0.25, 0.3) is 0 Å². The molecule has 1 unspecified atom stereocenters. The number of carbonyl (C=O) groups is 1. The maximum atomic E-state index is 11.3. The van der Waals surface area contributed by atoms with E-state index in [4.69, 9.17) is 4.74 Å². The Morgan fingerprint density at radius 3 is 2.86 bits per heavy atom. The predicted molar refractivity (Wildman–Crippen MR) is 60.7 cm³/mol. The van der Waals surface area contributed by atoms with Gasteiger partial charge in [-0.15, -0.1) is 0 Å². The van der Waals surface area contributed by atoms with Gasteiger partial charge in [-0.1, -0.05) is 13.8 Å². The van der Waals surface area contributed by atoms with Gasteiger partial charge in [0.15, 0.2) is 0 Å². The lowest BCUT2D eigenvalue weighted by Crippen LogP contribution is -2.14. The van der Waals surface area contributed by atoms with Gasteiger partial charge in [-0.25, -0.2) is 0 Å². The van der Waals surface area contributed by atoms with Gasteiger partial charge >= 0.3 is 0 Å². The topological polar surface area (TPSA) is 26.3 Å². The van der Waals surface area contributed by atoms with Crippen LogP contribution in [0, 0.1) is 11.8 Å². The zero-order chi connectivity index (χ0) is 10.4. The van der Waals surface area contributed by atoms with Gasteiger partial charge in [0.2, 0.25) is 0 Å². The van der Waals surface area contributed by atoms with E-state index in [0.717, 1.165) is 37.6 Å². The number of rotatable bonds is 6. The van der Waals surface area contributed by atoms with Crippen LogP contribution in [0.5, 0.6) is 0 Å². The summed E-state index contributed by atoms with van der Waals surface area (Å²) in [6, 6.07) is 0. The highest BCUT2D eigenvalue weighted by Crippen LogP contribution is 2.22. The van der Waals surface area contributed by atoms with E-state index in [-0.39, 0.29) is 5.92 Å². The Balaban J connectivity index is 1.96. The Labute approximate surface area is 90.8 Å². The summed E-state index contributed by atoms with van der Waals surface area (Å²) in [5.74, 6) is 3.13. The second-order valence-electron chi connectivity index (χ2n) is 4.26. The highest BCUT2D eigenvalue weighted by molar-refractivity contribution is 8.00. The third-order valence-corrected chi connectivity index (χ3v) is 3.60. The molecule has 0 spiro atoms. The first-order valence-corrected chi connectivity index (χ1v) is 6.54. The summed E-state index contributed by atoms with van der Waals surface area (Å²) in [7, 11) is 0. The van der Waals surface area contributed by atoms with Gasteiger partial charge < -0.3 is 4.74 Å². The molecular weight excluding hydrogens is 196 g/mol. The third kappa shape index (κ3) is 4.47. The molecule has 0 radical (unpaired) electrons. The van der Waals surface area contributed by atoms with Crippen molar-refractivity contribution in [2.24, 2.45) is 11.8 Å². The lowest BCUT2D eigenvalue weighted by molar-refractivity contribution is -0.119. The number of hydrogen-bond acceptors (Lipinski definition) is 3. The summed E-state index contributed by atoms with van der Waals surface area (Å²) < 4.78 is 5.49. The molecule has 1 atom stereocenters. The van der Waals surface area contributed by atoms with E-state index >= 15 is 0 Å². The fourth-order valence-corrected chi connectivity index (χ4v) is 2.60. The standard InChI is InChI=1S/C11H20O2S/c1-9(2)3-5-13-6-4-10-7-14-8-11(10)12/h9-10H,3-8H2,1-2H3. The average Bonchev–Trinajstić information content (AvgIpc) is 2.51. The molecule has 1 saturated heterocycles. The van der Waals surface area contributed by atoms with Crippen LogP contribution >= 0.6 is 11.8 Å². The second kappa shape index (κ2) is 6.46. The van der Waals surface area contributed by atoms with Crippen LogP contribution in [-0.2, 0) is 9.53 Å². The first-order valence-electron chi connectivity index (χ1n) is 5.38. The van der Waals surface area contributed by atoms with Crippen molar-refractivity contribution in [2.75, 3.05) is 24.7 Å². The maximum Gasteiger partial charge on any atom is 0.146 e. The van der Waals surface area contributed by atoms with Crippen LogP contribution in [-0.4, -0.2) is 30.5 Å². The van der Waals surface area contributed by atoms with E-state index in [1.54, 1.807) is 11.8 Å². The molecule has 1 rings (SSSR count). The summed E-state index contributed by atoms with van der Waals surface area (Å²) >= 11 is 1.75. The minimum absolute atomic E-state index is 0.277. The van der Waals surface area contributed by atoms with Crippen LogP contribution < -0.4 is 0 Å². The lowest BCUT2D eigenvalue weighted by atomic mass is 10.1. The van der Waals surface area contributed by atoms with Crippen LogP contribution in [0.4, 0.5) is 0 Å². The average molecular weight is 216 g/mol. The molecule has 1 aliphatic heterocycles. The van der Waals surface area contributed by atoms with Gasteiger partial charge in [0, 0.05) is 24.9 Å². The van der Waals surface area contributed by atoms with Gasteiger partial charge in [0.25, 0.3) is 0 Å². The largest absolute Gasteiger partial charge is 0.381 e. The Bertz CT molecular complexity index is 180. The van der Waals surface area contributed by atoms with Crippen LogP contribution in [0.2, 0.25) is 0 Å². The van der Waals surface area contributed by atoms with Gasteiger partial charge in [0.05, 0.1) is 5.75 Å². The highest BCUT2D eigenvalue weighted by Gasteiger charge is 2.24. The highest BCUT2D eigenvalue weighted by atomic mass is 32.2. The number of ketones is 1. The van der Waals surface area contributed by atoms with E-state index < -0.39 is 0 Å².